The van der Waals surface area contributed by atoms with Crippen molar-refractivity contribution in [2.45, 2.75) is 6.92 Å². The van der Waals surface area contributed by atoms with E-state index in [2.05, 4.69) is 26.2 Å². The zero-order valence-corrected chi connectivity index (χ0v) is 14.8. The molecule has 7 heteroatoms. The molecule has 0 saturated heterocycles. The van der Waals surface area contributed by atoms with E-state index in [4.69, 9.17) is 0 Å². The molecule has 1 N–H and O–H groups in total. The molecule has 0 unspecified atom stereocenters. The van der Waals surface area contributed by atoms with E-state index in [1.165, 1.54) is 11.3 Å². The lowest BCUT2D eigenvalue weighted by Gasteiger charge is -2.03. The lowest BCUT2D eigenvalue weighted by Crippen LogP contribution is -2.13. The Hall–Kier alpha value is -2.12. The largest absolute Gasteiger partial charge is 0.298 e. The quantitative estimate of drug-likeness (QED) is 0.629. The minimum Gasteiger partial charge on any atom is -0.298 e. The number of rotatable bonds is 3. The molecule has 0 fully saturated rings. The molecule has 0 atom stereocenters. The van der Waals surface area contributed by atoms with Gasteiger partial charge in [0.05, 0.1) is 11.3 Å². The van der Waals surface area contributed by atoms with Crippen molar-refractivity contribution in [1.82, 2.24) is 4.98 Å². The van der Waals surface area contributed by atoms with Gasteiger partial charge in [0.2, 0.25) is 0 Å². The molecule has 0 aliphatic carbocycles. The maximum Gasteiger partial charge on any atom is 0.260 e. The highest BCUT2D eigenvalue weighted by Gasteiger charge is 2.16. The zero-order valence-electron chi connectivity index (χ0n) is 12.4. The summed E-state index contributed by atoms with van der Waals surface area (Å²) in [6.45, 7) is 1.89. The Morgan fingerprint density at radius 3 is 2.54 bits per heavy atom. The fourth-order valence-electron chi connectivity index (χ4n) is 2.16. The monoisotopic (exact) mass is 408 g/mol. The number of hydrogen-bond donors (Lipinski definition) is 1. The van der Waals surface area contributed by atoms with Crippen molar-refractivity contribution >= 4 is 38.3 Å². The van der Waals surface area contributed by atoms with Crippen molar-refractivity contribution in [2.24, 2.45) is 0 Å². The molecule has 1 amide bonds. The van der Waals surface area contributed by atoms with Crippen LogP contribution in [0.4, 0.5) is 13.9 Å². The van der Waals surface area contributed by atoms with Gasteiger partial charge in [-0.3, -0.25) is 10.1 Å². The highest BCUT2D eigenvalue weighted by molar-refractivity contribution is 9.10. The van der Waals surface area contributed by atoms with Crippen LogP contribution in [0.25, 0.3) is 11.3 Å². The van der Waals surface area contributed by atoms with E-state index < -0.39 is 17.5 Å². The van der Waals surface area contributed by atoms with E-state index in [0.717, 1.165) is 32.7 Å². The Labute approximate surface area is 149 Å². The first-order chi connectivity index (χ1) is 11.4. The normalized spacial score (nSPS) is 10.7. The molecular weight excluding hydrogens is 398 g/mol. The number of amides is 1. The Morgan fingerprint density at radius 1 is 1.17 bits per heavy atom. The van der Waals surface area contributed by atoms with Crippen LogP contribution in [0.5, 0.6) is 0 Å². The smallest absolute Gasteiger partial charge is 0.260 e. The third kappa shape index (κ3) is 3.52. The molecule has 0 aliphatic rings. The Kier molecular flexibility index (Phi) is 4.73. The molecular formula is C17H11BrF2N2OS. The van der Waals surface area contributed by atoms with Gasteiger partial charge in [-0.15, -0.1) is 11.3 Å². The number of benzene rings is 2. The van der Waals surface area contributed by atoms with Gasteiger partial charge in [0.1, 0.15) is 11.6 Å². The second-order valence-electron chi connectivity index (χ2n) is 5.01. The topological polar surface area (TPSA) is 42.0 Å². The Bertz CT molecular complexity index is 909. The molecule has 1 aromatic heterocycles. The van der Waals surface area contributed by atoms with E-state index in [0.29, 0.717) is 11.2 Å². The van der Waals surface area contributed by atoms with Crippen LogP contribution >= 0.6 is 27.3 Å². The van der Waals surface area contributed by atoms with Crippen LogP contribution in [0.2, 0.25) is 0 Å². The fourth-order valence-corrected chi connectivity index (χ4v) is 3.26. The number of carbonyl (C=O) groups excluding carboxylic acids is 1. The number of aryl methyl sites for hydroxylation is 1. The summed E-state index contributed by atoms with van der Waals surface area (Å²) in [6.07, 6.45) is 0. The molecule has 3 rings (SSSR count). The van der Waals surface area contributed by atoms with Gasteiger partial charge in [0, 0.05) is 21.0 Å². The van der Waals surface area contributed by atoms with Crippen LogP contribution < -0.4 is 5.32 Å². The number of nitrogens with one attached hydrogen (secondary N) is 1. The average Bonchev–Trinajstić information content (AvgIpc) is 2.88. The van der Waals surface area contributed by atoms with Crippen LogP contribution in [0.3, 0.4) is 0 Å². The number of carbonyl (C=O) groups is 1. The third-order valence-electron chi connectivity index (χ3n) is 3.31. The number of halogens is 3. The minimum atomic E-state index is -0.908. The molecule has 3 nitrogen and oxygen atoms in total. The van der Waals surface area contributed by atoms with Crippen LogP contribution in [-0.4, -0.2) is 10.9 Å². The minimum absolute atomic E-state index is 0.227. The summed E-state index contributed by atoms with van der Waals surface area (Å²) < 4.78 is 27.6. The highest BCUT2D eigenvalue weighted by atomic mass is 79.9. The van der Waals surface area contributed by atoms with Crippen molar-refractivity contribution in [2.75, 3.05) is 5.32 Å². The van der Waals surface area contributed by atoms with Crippen molar-refractivity contribution < 1.29 is 13.6 Å². The number of thiazole rings is 1. The summed E-state index contributed by atoms with van der Waals surface area (Å²) in [4.78, 5) is 17.5. The van der Waals surface area contributed by atoms with Crippen LogP contribution in [0.15, 0.2) is 46.9 Å². The van der Waals surface area contributed by atoms with Crippen molar-refractivity contribution in [1.29, 1.82) is 0 Å². The van der Waals surface area contributed by atoms with Gasteiger partial charge < -0.3 is 0 Å². The summed E-state index contributed by atoms with van der Waals surface area (Å²) in [5.41, 5.74) is 1.44. The lowest BCUT2D eigenvalue weighted by molar-refractivity contribution is 0.102. The molecule has 2 aromatic carbocycles. The second kappa shape index (κ2) is 6.78. The molecule has 3 aromatic rings. The third-order valence-corrected chi connectivity index (χ3v) is 4.73. The van der Waals surface area contributed by atoms with Gasteiger partial charge in [0.15, 0.2) is 5.13 Å². The van der Waals surface area contributed by atoms with E-state index in [-0.39, 0.29) is 5.56 Å². The zero-order chi connectivity index (χ0) is 17.3. The molecule has 0 saturated carbocycles. The van der Waals surface area contributed by atoms with Crippen molar-refractivity contribution in [3.05, 3.63) is 69.0 Å². The van der Waals surface area contributed by atoms with E-state index in [9.17, 15) is 13.6 Å². The maximum absolute atomic E-state index is 13.7. The molecule has 122 valence electrons. The Balaban J connectivity index is 1.85. The number of nitrogens with zero attached hydrogens (tertiary/aromatic N) is 1. The molecule has 24 heavy (non-hydrogen) atoms. The predicted octanol–water partition coefficient (Wildman–Crippen LogP) is 5.41. The molecule has 1 heterocycles. The van der Waals surface area contributed by atoms with E-state index in [1.807, 2.05) is 31.2 Å². The molecule has 0 spiro atoms. The van der Waals surface area contributed by atoms with Crippen molar-refractivity contribution in [3.63, 3.8) is 0 Å². The Morgan fingerprint density at radius 2 is 1.88 bits per heavy atom. The van der Waals surface area contributed by atoms with Gasteiger partial charge in [-0.1, -0.05) is 28.1 Å². The first kappa shape index (κ1) is 16.7. The van der Waals surface area contributed by atoms with Gasteiger partial charge in [-0.05, 0) is 31.2 Å². The predicted molar refractivity (Wildman–Crippen MR) is 94.3 cm³/mol. The summed E-state index contributed by atoms with van der Waals surface area (Å²) in [6, 6.07) is 10.5. The molecule has 0 aliphatic heterocycles. The second-order valence-corrected chi connectivity index (χ2v) is 7.13. The number of anilines is 1. The summed E-state index contributed by atoms with van der Waals surface area (Å²) in [5.74, 6) is -2.30. The highest BCUT2D eigenvalue weighted by Crippen LogP contribution is 2.31. The van der Waals surface area contributed by atoms with Crippen LogP contribution in [-0.2, 0) is 0 Å². The summed E-state index contributed by atoms with van der Waals surface area (Å²) >= 11 is 4.67. The first-order valence-electron chi connectivity index (χ1n) is 6.94. The number of aromatic nitrogens is 1. The SMILES string of the molecule is Cc1sc(NC(=O)c2ccc(F)cc2F)nc1-c1ccc(Br)cc1. The average molecular weight is 409 g/mol. The van der Waals surface area contributed by atoms with E-state index in [1.54, 1.807) is 0 Å². The number of hydrogen-bond acceptors (Lipinski definition) is 3. The molecule has 0 bridgehead atoms. The van der Waals surface area contributed by atoms with Gasteiger partial charge in [-0.25, -0.2) is 13.8 Å². The fraction of sp³-hybridized carbons (Fsp3) is 0.0588. The summed E-state index contributed by atoms with van der Waals surface area (Å²) in [5, 5.41) is 2.92. The van der Waals surface area contributed by atoms with Gasteiger partial charge in [0.25, 0.3) is 5.91 Å². The van der Waals surface area contributed by atoms with Crippen LogP contribution in [0.1, 0.15) is 15.2 Å². The van der Waals surface area contributed by atoms with Gasteiger partial charge in [-0.2, -0.15) is 0 Å². The van der Waals surface area contributed by atoms with E-state index >= 15 is 0 Å². The van der Waals surface area contributed by atoms with Crippen molar-refractivity contribution in [3.8, 4) is 11.3 Å². The van der Waals surface area contributed by atoms with Crippen LogP contribution in [0, 0.1) is 18.6 Å². The van der Waals surface area contributed by atoms with Gasteiger partial charge >= 0.3 is 0 Å². The first-order valence-corrected chi connectivity index (χ1v) is 8.55. The summed E-state index contributed by atoms with van der Waals surface area (Å²) in [7, 11) is 0. The standard InChI is InChI=1S/C17H11BrF2N2OS/c1-9-15(10-2-4-11(18)5-3-10)21-17(24-9)22-16(23)13-7-6-12(19)8-14(13)20/h2-8H,1H3,(H,21,22,23). The lowest BCUT2D eigenvalue weighted by atomic mass is 10.1. The molecule has 0 radical (unpaired) electrons. The maximum atomic E-state index is 13.7.